The molecule has 17 heavy (non-hydrogen) atoms. The summed E-state index contributed by atoms with van der Waals surface area (Å²) < 4.78 is 1.82. The Morgan fingerprint density at radius 2 is 2.12 bits per heavy atom. The first-order chi connectivity index (χ1) is 8.06. The van der Waals surface area contributed by atoms with Gasteiger partial charge in [-0.25, -0.2) is 4.79 Å². The molecular weight excluding hydrogens is 218 g/mol. The zero-order valence-electron chi connectivity index (χ0n) is 9.68. The van der Waals surface area contributed by atoms with E-state index < -0.39 is 5.97 Å². The second kappa shape index (κ2) is 4.05. The summed E-state index contributed by atoms with van der Waals surface area (Å²) in [5.74, 6) is -0.979. The quantitative estimate of drug-likeness (QED) is 0.826. The van der Waals surface area contributed by atoms with Gasteiger partial charge in [-0.3, -0.25) is 4.79 Å². The van der Waals surface area contributed by atoms with Gasteiger partial charge in [0.2, 0.25) is 0 Å². The lowest BCUT2D eigenvalue weighted by Crippen LogP contribution is -2.04. The number of rotatable bonds is 3. The summed E-state index contributed by atoms with van der Waals surface area (Å²) >= 11 is 0. The van der Waals surface area contributed by atoms with Crippen LogP contribution in [0.15, 0.2) is 24.4 Å². The summed E-state index contributed by atoms with van der Waals surface area (Å²) in [5.41, 5.74) is 1.36. The number of hydrogen-bond donors (Lipinski definition) is 1. The molecule has 1 aromatic heterocycles. The van der Waals surface area contributed by atoms with E-state index in [1.807, 2.05) is 18.4 Å². The molecule has 2 aromatic rings. The predicted molar refractivity (Wildman–Crippen MR) is 64.7 cm³/mol. The van der Waals surface area contributed by atoms with Crippen LogP contribution in [0.1, 0.15) is 40.6 Å². The molecule has 1 N–H and O–H groups in total. The fraction of sp³-hybridized carbons (Fsp3) is 0.231. The van der Waals surface area contributed by atoms with E-state index in [4.69, 9.17) is 5.11 Å². The van der Waals surface area contributed by atoms with Crippen molar-refractivity contribution in [2.24, 2.45) is 0 Å². The van der Waals surface area contributed by atoms with E-state index in [-0.39, 0.29) is 11.6 Å². The van der Waals surface area contributed by atoms with Crippen LogP contribution in [0.2, 0.25) is 0 Å². The molecule has 0 radical (unpaired) electrons. The normalized spacial score (nSPS) is 11.0. The predicted octanol–water partition coefficient (Wildman–Crippen LogP) is 2.73. The fourth-order valence-corrected chi connectivity index (χ4v) is 2.01. The SMILES string of the molecule is CC(C)n1cc(C=O)c2cccc(C(=O)O)c21. The molecule has 88 valence electrons. The van der Waals surface area contributed by atoms with Gasteiger partial charge < -0.3 is 9.67 Å². The average molecular weight is 231 g/mol. The third-order valence-electron chi connectivity index (χ3n) is 2.80. The van der Waals surface area contributed by atoms with Crippen LogP contribution in [0.5, 0.6) is 0 Å². The molecule has 4 nitrogen and oxygen atoms in total. The highest BCUT2D eigenvalue weighted by molar-refractivity contribution is 6.07. The van der Waals surface area contributed by atoms with E-state index in [1.165, 1.54) is 0 Å². The minimum Gasteiger partial charge on any atom is -0.478 e. The van der Waals surface area contributed by atoms with E-state index in [0.717, 1.165) is 6.29 Å². The fourth-order valence-electron chi connectivity index (χ4n) is 2.01. The Balaban J connectivity index is 2.91. The smallest absolute Gasteiger partial charge is 0.337 e. The Hall–Kier alpha value is -2.10. The van der Waals surface area contributed by atoms with Gasteiger partial charge >= 0.3 is 5.97 Å². The van der Waals surface area contributed by atoms with Crippen LogP contribution in [-0.4, -0.2) is 21.9 Å². The van der Waals surface area contributed by atoms with Crippen LogP contribution in [0.25, 0.3) is 10.9 Å². The molecule has 0 aliphatic heterocycles. The third-order valence-corrected chi connectivity index (χ3v) is 2.80. The molecule has 0 fully saturated rings. The van der Waals surface area contributed by atoms with Gasteiger partial charge in [-0.1, -0.05) is 12.1 Å². The summed E-state index contributed by atoms with van der Waals surface area (Å²) in [6.07, 6.45) is 2.46. The van der Waals surface area contributed by atoms with Crippen LogP contribution >= 0.6 is 0 Å². The van der Waals surface area contributed by atoms with Crippen molar-refractivity contribution in [1.82, 2.24) is 4.57 Å². The molecule has 0 saturated heterocycles. The van der Waals surface area contributed by atoms with Crippen molar-refractivity contribution in [3.8, 4) is 0 Å². The number of carboxylic acid groups (broad SMARTS) is 1. The van der Waals surface area contributed by atoms with Gasteiger partial charge in [0.15, 0.2) is 6.29 Å². The van der Waals surface area contributed by atoms with Crippen LogP contribution in [-0.2, 0) is 0 Å². The minimum absolute atomic E-state index is 0.103. The van der Waals surface area contributed by atoms with Crippen LogP contribution in [0.3, 0.4) is 0 Å². The van der Waals surface area contributed by atoms with E-state index in [1.54, 1.807) is 24.4 Å². The molecule has 0 spiro atoms. The molecule has 0 saturated carbocycles. The Bertz CT molecular complexity index is 596. The van der Waals surface area contributed by atoms with Crippen LogP contribution < -0.4 is 0 Å². The van der Waals surface area contributed by atoms with Gasteiger partial charge in [0, 0.05) is 23.2 Å². The summed E-state index contributed by atoms with van der Waals surface area (Å²) in [5, 5.41) is 9.86. The number of carbonyl (C=O) groups is 2. The first-order valence-corrected chi connectivity index (χ1v) is 5.38. The molecule has 1 aromatic carbocycles. The van der Waals surface area contributed by atoms with Crippen molar-refractivity contribution in [3.05, 3.63) is 35.5 Å². The molecule has 0 atom stereocenters. The first-order valence-electron chi connectivity index (χ1n) is 5.38. The number of para-hydroxylation sites is 1. The highest BCUT2D eigenvalue weighted by Gasteiger charge is 2.16. The number of hydrogen-bond acceptors (Lipinski definition) is 2. The average Bonchev–Trinajstić information content (AvgIpc) is 2.67. The largest absolute Gasteiger partial charge is 0.478 e. The van der Waals surface area contributed by atoms with E-state index in [2.05, 4.69) is 0 Å². The van der Waals surface area contributed by atoms with Crippen LogP contribution in [0, 0.1) is 0 Å². The number of fused-ring (bicyclic) bond motifs is 1. The molecule has 0 bridgehead atoms. The van der Waals surface area contributed by atoms with Crippen LogP contribution in [0.4, 0.5) is 0 Å². The Kier molecular flexibility index (Phi) is 2.71. The molecule has 0 aliphatic rings. The first kappa shape index (κ1) is 11.4. The lowest BCUT2D eigenvalue weighted by molar-refractivity contribution is 0.0698. The van der Waals surface area contributed by atoms with Crippen molar-refractivity contribution in [2.75, 3.05) is 0 Å². The maximum Gasteiger partial charge on any atom is 0.337 e. The topological polar surface area (TPSA) is 59.3 Å². The Labute approximate surface area is 98.5 Å². The second-order valence-electron chi connectivity index (χ2n) is 4.21. The van der Waals surface area contributed by atoms with Gasteiger partial charge in [0.25, 0.3) is 0 Å². The molecule has 4 heteroatoms. The van der Waals surface area contributed by atoms with Gasteiger partial charge in [-0.05, 0) is 19.9 Å². The van der Waals surface area contributed by atoms with Crippen molar-refractivity contribution in [2.45, 2.75) is 19.9 Å². The molecule has 0 aliphatic carbocycles. The Morgan fingerprint density at radius 1 is 1.41 bits per heavy atom. The van der Waals surface area contributed by atoms with Gasteiger partial charge in [-0.15, -0.1) is 0 Å². The number of aldehydes is 1. The van der Waals surface area contributed by atoms with E-state index >= 15 is 0 Å². The van der Waals surface area contributed by atoms with Crippen molar-refractivity contribution >= 4 is 23.2 Å². The van der Waals surface area contributed by atoms with Crippen molar-refractivity contribution in [1.29, 1.82) is 0 Å². The zero-order valence-corrected chi connectivity index (χ0v) is 9.68. The number of carbonyl (C=O) groups excluding carboxylic acids is 1. The molecule has 0 unspecified atom stereocenters. The maximum atomic E-state index is 11.2. The summed E-state index contributed by atoms with van der Waals surface area (Å²) in [6.45, 7) is 3.90. The Morgan fingerprint density at radius 3 is 2.65 bits per heavy atom. The third kappa shape index (κ3) is 1.71. The lowest BCUT2D eigenvalue weighted by Gasteiger charge is -2.10. The number of benzene rings is 1. The highest BCUT2D eigenvalue weighted by atomic mass is 16.4. The number of nitrogens with zero attached hydrogens (tertiary/aromatic N) is 1. The zero-order chi connectivity index (χ0) is 12.6. The summed E-state index contributed by atoms with van der Waals surface area (Å²) in [7, 11) is 0. The minimum atomic E-state index is -0.979. The highest BCUT2D eigenvalue weighted by Crippen LogP contribution is 2.26. The van der Waals surface area contributed by atoms with Gasteiger partial charge in [-0.2, -0.15) is 0 Å². The summed E-state index contributed by atoms with van der Waals surface area (Å²) in [6, 6.07) is 5.08. The lowest BCUT2D eigenvalue weighted by atomic mass is 10.1. The molecule has 2 rings (SSSR count). The van der Waals surface area contributed by atoms with Gasteiger partial charge in [0.1, 0.15) is 0 Å². The summed E-state index contributed by atoms with van der Waals surface area (Å²) in [4.78, 5) is 22.2. The monoisotopic (exact) mass is 231 g/mol. The maximum absolute atomic E-state index is 11.2. The number of aromatic carboxylic acids is 1. The molecule has 0 amide bonds. The van der Waals surface area contributed by atoms with Crippen molar-refractivity contribution in [3.63, 3.8) is 0 Å². The van der Waals surface area contributed by atoms with Crippen molar-refractivity contribution < 1.29 is 14.7 Å². The number of carboxylic acids is 1. The number of aromatic nitrogens is 1. The molecular formula is C13H13NO3. The van der Waals surface area contributed by atoms with E-state index in [9.17, 15) is 9.59 Å². The van der Waals surface area contributed by atoms with Gasteiger partial charge in [0.05, 0.1) is 11.1 Å². The van der Waals surface area contributed by atoms with E-state index in [0.29, 0.717) is 16.5 Å². The second-order valence-corrected chi connectivity index (χ2v) is 4.21. The standard InChI is InChI=1S/C13H13NO3/c1-8(2)14-6-9(7-15)10-4-3-5-11(12(10)14)13(16)17/h3-8H,1-2H3,(H,16,17). The molecule has 1 heterocycles.